The molecule has 0 bridgehead atoms. The molecule has 1 aromatic carbocycles. The van der Waals surface area contributed by atoms with E-state index in [4.69, 9.17) is 4.74 Å². The second-order valence-corrected chi connectivity index (χ2v) is 8.99. The number of carbonyl (C=O) groups is 5. The first-order chi connectivity index (χ1) is 17.2. The Labute approximate surface area is 214 Å². The summed E-state index contributed by atoms with van der Waals surface area (Å²) in [5, 5.41) is 23.1. The van der Waals surface area contributed by atoms with Crippen molar-refractivity contribution >= 4 is 35.4 Å². The summed E-state index contributed by atoms with van der Waals surface area (Å²) in [4.78, 5) is 71.9. The van der Waals surface area contributed by atoms with Gasteiger partial charge in [-0.1, -0.05) is 12.1 Å². The van der Waals surface area contributed by atoms with Crippen LogP contribution in [0.5, 0.6) is 0 Å². The minimum Gasteiger partial charge on any atom is -0.444 e. The Bertz CT molecular complexity index is 990. The molecule has 14 nitrogen and oxygen atoms in total. The lowest BCUT2D eigenvalue weighted by molar-refractivity contribution is -0.384. The lowest BCUT2D eigenvalue weighted by Crippen LogP contribution is -2.55. The normalized spacial score (nSPS) is 12.4. The Morgan fingerprint density at radius 3 is 2.03 bits per heavy atom. The molecule has 0 saturated heterocycles. The van der Waals surface area contributed by atoms with Crippen LogP contribution in [0.1, 0.15) is 39.2 Å². The molecule has 5 N–H and O–H groups in total. The van der Waals surface area contributed by atoms with Crippen molar-refractivity contribution in [3.63, 3.8) is 0 Å². The van der Waals surface area contributed by atoms with Crippen molar-refractivity contribution in [3.05, 3.63) is 39.9 Å². The predicted molar refractivity (Wildman–Crippen MR) is 132 cm³/mol. The molecule has 5 amide bonds. The Balaban J connectivity index is 3.12. The van der Waals surface area contributed by atoms with E-state index in [1.807, 2.05) is 0 Å². The number of hydrogen-bond acceptors (Lipinski definition) is 8. The third kappa shape index (κ3) is 11.8. The highest BCUT2D eigenvalue weighted by Gasteiger charge is 2.29. The van der Waals surface area contributed by atoms with Gasteiger partial charge in [0.05, 0.1) is 11.5 Å². The van der Waals surface area contributed by atoms with Crippen LogP contribution in [0.4, 0.5) is 10.5 Å². The SMILES string of the molecule is CNC(=O)CC[C@H](NC(=O)OC(C)(C)C)C(=O)N[C@@H](Cc1ccc([N+](=O)[O-])cc1)C(=O)NCC(=O)NC. The monoisotopic (exact) mass is 522 g/mol. The maximum Gasteiger partial charge on any atom is 0.408 e. The van der Waals surface area contributed by atoms with E-state index in [2.05, 4.69) is 26.6 Å². The number of nitro groups is 1. The highest BCUT2D eigenvalue weighted by Crippen LogP contribution is 2.14. The summed E-state index contributed by atoms with van der Waals surface area (Å²) in [5.74, 6) is -2.30. The maximum atomic E-state index is 13.1. The summed E-state index contributed by atoms with van der Waals surface area (Å²) in [7, 11) is 2.82. The Morgan fingerprint density at radius 2 is 1.51 bits per heavy atom. The van der Waals surface area contributed by atoms with E-state index in [0.29, 0.717) is 5.56 Å². The molecule has 0 unspecified atom stereocenters. The zero-order chi connectivity index (χ0) is 28.2. The molecule has 0 aliphatic heterocycles. The van der Waals surface area contributed by atoms with Gasteiger partial charge in [0.25, 0.3) is 5.69 Å². The highest BCUT2D eigenvalue weighted by atomic mass is 16.6. The van der Waals surface area contributed by atoms with Crippen molar-refractivity contribution in [1.82, 2.24) is 26.6 Å². The van der Waals surface area contributed by atoms with Gasteiger partial charge in [-0.25, -0.2) is 4.79 Å². The molecule has 14 heteroatoms. The number of nitrogens with one attached hydrogen (secondary N) is 5. The molecule has 0 radical (unpaired) electrons. The van der Waals surface area contributed by atoms with Crippen LogP contribution in [0.2, 0.25) is 0 Å². The first-order valence-electron chi connectivity index (χ1n) is 11.5. The third-order valence-electron chi connectivity index (χ3n) is 4.87. The van der Waals surface area contributed by atoms with Crippen LogP contribution in [0.3, 0.4) is 0 Å². The maximum absolute atomic E-state index is 13.1. The molecular weight excluding hydrogens is 488 g/mol. The number of nitrogens with zero attached hydrogens (tertiary/aromatic N) is 1. The first-order valence-corrected chi connectivity index (χ1v) is 11.5. The second kappa shape index (κ2) is 14.4. The van der Waals surface area contributed by atoms with Crippen molar-refractivity contribution in [2.45, 2.75) is 57.7 Å². The van der Waals surface area contributed by atoms with Gasteiger partial charge in [0, 0.05) is 39.1 Å². The van der Waals surface area contributed by atoms with Gasteiger partial charge in [-0.3, -0.25) is 29.3 Å². The van der Waals surface area contributed by atoms with E-state index >= 15 is 0 Å². The number of carbonyl (C=O) groups excluding carboxylic acids is 5. The van der Waals surface area contributed by atoms with Crippen LogP contribution in [0.25, 0.3) is 0 Å². The average Bonchev–Trinajstić information content (AvgIpc) is 2.83. The molecule has 1 aromatic rings. The lowest BCUT2D eigenvalue weighted by atomic mass is 10.0. The number of rotatable bonds is 12. The number of hydrogen-bond donors (Lipinski definition) is 5. The van der Waals surface area contributed by atoms with Crippen molar-refractivity contribution < 1.29 is 33.6 Å². The number of likely N-dealkylation sites (N-methyl/N-ethyl adjacent to an activating group) is 1. The minimum atomic E-state index is -1.22. The number of non-ortho nitro benzene ring substituents is 1. The van der Waals surface area contributed by atoms with Gasteiger partial charge >= 0.3 is 6.09 Å². The molecule has 0 aromatic heterocycles. The summed E-state index contributed by atoms with van der Waals surface area (Å²) in [6.07, 6.45) is -1.15. The van der Waals surface area contributed by atoms with Crippen LogP contribution in [0, 0.1) is 10.1 Å². The summed E-state index contributed by atoms with van der Waals surface area (Å²) >= 11 is 0. The quantitative estimate of drug-likeness (QED) is 0.185. The number of ether oxygens (including phenoxy) is 1. The smallest absolute Gasteiger partial charge is 0.408 e. The van der Waals surface area contributed by atoms with E-state index in [0.717, 1.165) is 0 Å². The predicted octanol–water partition coefficient (Wildman–Crippen LogP) is -0.0962. The molecule has 1 rings (SSSR count). The largest absolute Gasteiger partial charge is 0.444 e. The molecule has 0 spiro atoms. The van der Waals surface area contributed by atoms with Gasteiger partial charge in [0.15, 0.2) is 0 Å². The molecular formula is C23H34N6O8. The van der Waals surface area contributed by atoms with Crippen LogP contribution >= 0.6 is 0 Å². The van der Waals surface area contributed by atoms with Gasteiger partial charge in [-0.15, -0.1) is 0 Å². The fraction of sp³-hybridized carbons (Fsp3) is 0.522. The van der Waals surface area contributed by atoms with E-state index < -0.39 is 46.4 Å². The van der Waals surface area contributed by atoms with Gasteiger partial charge in [0.1, 0.15) is 17.7 Å². The van der Waals surface area contributed by atoms with Crippen molar-refractivity contribution in [3.8, 4) is 0 Å². The van der Waals surface area contributed by atoms with Crippen molar-refractivity contribution in [2.75, 3.05) is 20.6 Å². The van der Waals surface area contributed by atoms with Crippen LogP contribution in [-0.2, 0) is 30.3 Å². The summed E-state index contributed by atoms with van der Waals surface area (Å²) in [6, 6.07) is 2.95. The van der Waals surface area contributed by atoms with E-state index in [1.54, 1.807) is 20.8 Å². The van der Waals surface area contributed by atoms with E-state index in [9.17, 15) is 34.1 Å². The Hall–Kier alpha value is -4.23. The lowest BCUT2D eigenvalue weighted by Gasteiger charge is -2.25. The summed E-state index contributed by atoms with van der Waals surface area (Å²) in [6.45, 7) is 4.58. The van der Waals surface area contributed by atoms with Crippen LogP contribution in [0.15, 0.2) is 24.3 Å². The highest BCUT2D eigenvalue weighted by molar-refractivity contribution is 5.93. The fourth-order valence-corrected chi connectivity index (χ4v) is 2.97. The van der Waals surface area contributed by atoms with E-state index in [1.165, 1.54) is 38.4 Å². The molecule has 2 atom stereocenters. The minimum absolute atomic E-state index is 0.0715. The molecule has 0 aliphatic rings. The van der Waals surface area contributed by atoms with Crippen LogP contribution in [-0.4, -0.2) is 73.0 Å². The number of nitro benzene ring substituents is 1. The topological polar surface area (TPSA) is 198 Å². The summed E-state index contributed by atoms with van der Waals surface area (Å²) < 4.78 is 5.20. The van der Waals surface area contributed by atoms with Crippen molar-refractivity contribution in [2.24, 2.45) is 0 Å². The molecule has 37 heavy (non-hydrogen) atoms. The third-order valence-corrected chi connectivity index (χ3v) is 4.87. The number of benzene rings is 1. The van der Waals surface area contributed by atoms with E-state index in [-0.39, 0.29) is 37.4 Å². The number of amides is 5. The average molecular weight is 523 g/mol. The van der Waals surface area contributed by atoms with Crippen molar-refractivity contribution in [1.29, 1.82) is 0 Å². The van der Waals surface area contributed by atoms with Crippen LogP contribution < -0.4 is 26.6 Å². The first kappa shape index (κ1) is 30.8. The second-order valence-electron chi connectivity index (χ2n) is 8.99. The standard InChI is InChI=1S/C23H34N6O8/c1-23(2,3)37-22(34)28-16(10-11-18(30)24-4)21(33)27-17(20(32)26-13-19(31)25-5)12-14-6-8-15(9-7-14)29(35)36/h6-9,16-17H,10-13H2,1-5H3,(H,24,30)(H,25,31)(H,26,32)(H,27,33)(H,28,34)/t16-,17-/m0/s1. The molecule has 204 valence electrons. The van der Waals surface area contributed by atoms with Gasteiger partial charge in [-0.05, 0) is 32.8 Å². The summed E-state index contributed by atoms with van der Waals surface area (Å²) in [5.41, 5.74) is -0.498. The number of alkyl carbamates (subject to hydrolysis) is 1. The molecule has 0 fully saturated rings. The molecule has 0 saturated carbocycles. The van der Waals surface area contributed by atoms with Gasteiger partial charge in [0.2, 0.25) is 23.6 Å². The molecule has 0 aliphatic carbocycles. The van der Waals surface area contributed by atoms with Gasteiger partial charge < -0.3 is 31.3 Å². The fourth-order valence-electron chi connectivity index (χ4n) is 2.97. The van der Waals surface area contributed by atoms with Gasteiger partial charge in [-0.2, -0.15) is 0 Å². The zero-order valence-corrected chi connectivity index (χ0v) is 21.5. The Morgan fingerprint density at radius 1 is 0.919 bits per heavy atom. The molecule has 0 heterocycles. The zero-order valence-electron chi connectivity index (χ0n) is 21.5. The Kier molecular flexibility index (Phi) is 12.0.